The fraction of sp³-hybridized carbons (Fsp3) is 0.619. The molecule has 0 atom stereocenters. The number of nitrogens with zero attached hydrogens (tertiary/aromatic N) is 1. The maximum Gasteiger partial charge on any atom is 0.319 e. The maximum absolute atomic E-state index is 11.7. The van der Waals surface area contributed by atoms with Gasteiger partial charge < -0.3 is 26.0 Å². The molecular formula is C21H38IN5O2. The number of aliphatic imine (C=N–C) groups is 1. The molecule has 7 nitrogen and oxygen atoms in total. The third-order valence-corrected chi connectivity index (χ3v) is 3.77. The van der Waals surface area contributed by atoms with E-state index in [1.165, 1.54) is 0 Å². The van der Waals surface area contributed by atoms with Gasteiger partial charge in [0.05, 0.1) is 13.2 Å². The van der Waals surface area contributed by atoms with Crippen LogP contribution in [0.2, 0.25) is 0 Å². The summed E-state index contributed by atoms with van der Waals surface area (Å²) in [6.45, 7) is 13.8. The summed E-state index contributed by atoms with van der Waals surface area (Å²) in [5.41, 5.74) is 1.83. The van der Waals surface area contributed by atoms with Gasteiger partial charge in [0.25, 0.3) is 0 Å². The number of ether oxygens (including phenoxy) is 1. The number of benzene rings is 1. The van der Waals surface area contributed by atoms with Gasteiger partial charge in [0.15, 0.2) is 5.96 Å². The number of anilines is 1. The average Bonchev–Trinajstić information content (AvgIpc) is 2.62. The third kappa shape index (κ3) is 14.1. The summed E-state index contributed by atoms with van der Waals surface area (Å²) in [7, 11) is 0. The Morgan fingerprint density at radius 1 is 1.07 bits per heavy atom. The Bertz CT molecular complexity index is 591. The normalized spacial score (nSPS) is 11.2. The van der Waals surface area contributed by atoms with Crippen LogP contribution >= 0.6 is 24.0 Å². The molecule has 166 valence electrons. The fourth-order valence-electron chi connectivity index (χ4n) is 2.30. The molecule has 0 spiro atoms. The number of carbonyl (C=O) groups excluding carboxylic acids is 1. The molecule has 0 fully saturated rings. The first-order valence-corrected chi connectivity index (χ1v) is 10.2. The van der Waals surface area contributed by atoms with Gasteiger partial charge in [0.1, 0.15) is 0 Å². The van der Waals surface area contributed by atoms with Crippen LogP contribution in [0.5, 0.6) is 0 Å². The molecule has 0 aliphatic carbocycles. The van der Waals surface area contributed by atoms with E-state index >= 15 is 0 Å². The number of amides is 2. The zero-order chi connectivity index (χ0) is 20.8. The molecule has 0 unspecified atom stereocenters. The zero-order valence-electron chi connectivity index (χ0n) is 18.4. The first-order chi connectivity index (χ1) is 13.4. The van der Waals surface area contributed by atoms with Crippen molar-refractivity contribution in [3.05, 3.63) is 29.8 Å². The van der Waals surface area contributed by atoms with Crippen LogP contribution < -0.4 is 21.3 Å². The molecule has 29 heavy (non-hydrogen) atoms. The van der Waals surface area contributed by atoms with Crippen LogP contribution in [0, 0.1) is 5.92 Å². The highest BCUT2D eigenvalue weighted by molar-refractivity contribution is 14.0. The monoisotopic (exact) mass is 519 g/mol. The Balaban J connectivity index is 0.00000784. The Kier molecular flexibility index (Phi) is 15.4. The highest BCUT2D eigenvalue weighted by Gasteiger charge is 2.03. The number of urea groups is 1. The van der Waals surface area contributed by atoms with Crippen molar-refractivity contribution in [2.45, 2.75) is 53.6 Å². The molecule has 1 aromatic rings. The molecule has 0 aliphatic rings. The molecule has 0 saturated carbocycles. The van der Waals surface area contributed by atoms with E-state index in [4.69, 9.17) is 4.74 Å². The fourth-order valence-corrected chi connectivity index (χ4v) is 2.30. The third-order valence-electron chi connectivity index (χ3n) is 3.77. The molecule has 0 heterocycles. The van der Waals surface area contributed by atoms with Gasteiger partial charge in [-0.1, -0.05) is 26.0 Å². The predicted octanol–water partition coefficient (Wildman–Crippen LogP) is 3.95. The molecule has 0 aromatic heterocycles. The highest BCUT2D eigenvalue weighted by Crippen LogP contribution is 2.10. The van der Waals surface area contributed by atoms with E-state index in [0.717, 1.165) is 43.3 Å². The summed E-state index contributed by atoms with van der Waals surface area (Å²) in [5.74, 6) is 1.44. The first-order valence-electron chi connectivity index (χ1n) is 10.2. The molecule has 0 saturated heterocycles. The van der Waals surface area contributed by atoms with Crippen molar-refractivity contribution in [1.82, 2.24) is 16.0 Å². The molecule has 4 N–H and O–H groups in total. The number of hydrogen-bond donors (Lipinski definition) is 4. The van der Waals surface area contributed by atoms with Crippen molar-refractivity contribution in [3.63, 3.8) is 0 Å². The van der Waals surface area contributed by atoms with Crippen molar-refractivity contribution >= 4 is 41.7 Å². The summed E-state index contributed by atoms with van der Waals surface area (Å²) in [6.07, 6.45) is 1.08. The lowest BCUT2D eigenvalue weighted by Gasteiger charge is -2.12. The van der Waals surface area contributed by atoms with Gasteiger partial charge in [-0.3, -0.25) is 0 Å². The number of guanidine groups is 1. The zero-order valence-corrected chi connectivity index (χ0v) is 20.7. The second kappa shape index (κ2) is 16.3. The molecule has 2 amide bonds. The first kappa shape index (κ1) is 27.5. The number of carbonyl (C=O) groups is 1. The van der Waals surface area contributed by atoms with Crippen molar-refractivity contribution < 1.29 is 9.53 Å². The van der Waals surface area contributed by atoms with E-state index in [2.05, 4.69) is 40.1 Å². The van der Waals surface area contributed by atoms with Crippen molar-refractivity contribution in [2.75, 3.05) is 31.6 Å². The van der Waals surface area contributed by atoms with E-state index in [0.29, 0.717) is 19.1 Å². The van der Waals surface area contributed by atoms with Gasteiger partial charge >= 0.3 is 6.03 Å². The minimum absolute atomic E-state index is 0. The maximum atomic E-state index is 11.7. The standard InChI is InChI=1S/C21H37N5O2.HI/c1-6-22-20(23-12-14-28-13-11-16(2)3)24-15-18-7-9-19(10-8-18)26-21(27)25-17(4)5;/h7-10,16-17H,6,11-15H2,1-5H3,(H2,22,23,24)(H2,25,26,27);1H. The summed E-state index contributed by atoms with van der Waals surface area (Å²) in [4.78, 5) is 16.3. The van der Waals surface area contributed by atoms with Crippen LogP contribution in [-0.4, -0.2) is 44.3 Å². The van der Waals surface area contributed by atoms with Gasteiger partial charge in [-0.15, -0.1) is 24.0 Å². The van der Waals surface area contributed by atoms with Crippen LogP contribution in [0.3, 0.4) is 0 Å². The van der Waals surface area contributed by atoms with E-state index in [1.54, 1.807) is 0 Å². The summed E-state index contributed by atoms with van der Waals surface area (Å²) >= 11 is 0. The Morgan fingerprint density at radius 3 is 2.34 bits per heavy atom. The largest absolute Gasteiger partial charge is 0.380 e. The Labute approximate surface area is 192 Å². The van der Waals surface area contributed by atoms with E-state index < -0.39 is 0 Å². The van der Waals surface area contributed by atoms with Crippen molar-refractivity contribution in [3.8, 4) is 0 Å². The lowest BCUT2D eigenvalue weighted by Crippen LogP contribution is -2.39. The number of rotatable bonds is 11. The van der Waals surface area contributed by atoms with Crippen molar-refractivity contribution in [2.24, 2.45) is 10.9 Å². The number of halogens is 1. The summed E-state index contributed by atoms with van der Waals surface area (Å²) in [6, 6.07) is 7.60. The van der Waals surface area contributed by atoms with E-state index in [-0.39, 0.29) is 36.0 Å². The molecule has 8 heteroatoms. The molecule has 0 aliphatic heterocycles. The summed E-state index contributed by atoms with van der Waals surface area (Å²) < 4.78 is 5.62. The van der Waals surface area contributed by atoms with Crippen molar-refractivity contribution in [1.29, 1.82) is 0 Å². The molecule has 0 bridgehead atoms. The smallest absolute Gasteiger partial charge is 0.319 e. The van der Waals surface area contributed by atoms with Crippen LogP contribution in [0.25, 0.3) is 0 Å². The lowest BCUT2D eigenvalue weighted by molar-refractivity contribution is 0.128. The number of nitrogens with one attached hydrogen (secondary N) is 4. The second-order valence-electron chi connectivity index (χ2n) is 7.37. The van der Waals surface area contributed by atoms with Gasteiger partial charge in [-0.25, -0.2) is 9.79 Å². The van der Waals surface area contributed by atoms with E-state index in [9.17, 15) is 4.79 Å². The Morgan fingerprint density at radius 2 is 1.76 bits per heavy atom. The van der Waals surface area contributed by atoms with Gasteiger partial charge in [0.2, 0.25) is 0 Å². The average molecular weight is 519 g/mol. The summed E-state index contributed by atoms with van der Waals surface area (Å²) in [5, 5.41) is 12.1. The lowest BCUT2D eigenvalue weighted by atomic mass is 10.1. The predicted molar refractivity (Wildman–Crippen MR) is 132 cm³/mol. The molecule has 1 rings (SSSR count). The topological polar surface area (TPSA) is 86.8 Å². The van der Waals surface area contributed by atoms with Gasteiger partial charge in [-0.2, -0.15) is 0 Å². The Hall–Kier alpha value is -1.55. The van der Waals surface area contributed by atoms with Crippen LogP contribution in [-0.2, 0) is 11.3 Å². The SMILES string of the molecule is CCNC(=NCc1ccc(NC(=O)NC(C)C)cc1)NCCOCCC(C)C.I. The van der Waals surface area contributed by atoms with Crippen LogP contribution in [0.15, 0.2) is 29.3 Å². The quantitative estimate of drug-likeness (QED) is 0.154. The highest BCUT2D eigenvalue weighted by atomic mass is 127. The molecular weight excluding hydrogens is 481 g/mol. The van der Waals surface area contributed by atoms with E-state index in [1.807, 2.05) is 45.0 Å². The van der Waals surface area contributed by atoms with Crippen LogP contribution in [0.1, 0.15) is 46.6 Å². The molecule has 0 radical (unpaired) electrons. The van der Waals surface area contributed by atoms with Crippen LogP contribution in [0.4, 0.5) is 10.5 Å². The second-order valence-corrected chi connectivity index (χ2v) is 7.37. The van der Waals surface area contributed by atoms with Gasteiger partial charge in [-0.05, 0) is 50.8 Å². The minimum atomic E-state index is -0.199. The number of hydrogen-bond acceptors (Lipinski definition) is 3. The molecule has 1 aromatic carbocycles. The van der Waals surface area contributed by atoms with Gasteiger partial charge in [0, 0.05) is 31.4 Å². The minimum Gasteiger partial charge on any atom is -0.380 e.